The van der Waals surface area contributed by atoms with Crippen LogP contribution in [0.1, 0.15) is 16.1 Å². The zero-order valence-electron chi connectivity index (χ0n) is 11.8. The lowest BCUT2D eigenvalue weighted by molar-refractivity contribution is 0.0196. The summed E-state index contributed by atoms with van der Waals surface area (Å²) in [7, 11) is 1.61. The molecule has 0 saturated heterocycles. The molecule has 1 heterocycles. The third kappa shape index (κ3) is 4.04. The van der Waals surface area contributed by atoms with Crippen molar-refractivity contribution < 1.29 is 28.5 Å². The van der Waals surface area contributed by atoms with Crippen molar-refractivity contribution in [2.45, 2.75) is 6.61 Å². The lowest BCUT2D eigenvalue weighted by Crippen LogP contribution is -2.09. The van der Waals surface area contributed by atoms with Crippen LogP contribution in [0.2, 0.25) is 0 Å². The third-order valence-electron chi connectivity index (χ3n) is 2.94. The Morgan fingerprint density at radius 2 is 1.86 bits per heavy atom. The van der Waals surface area contributed by atoms with Gasteiger partial charge in [-0.15, -0.1) is 0 Å². The predicted octanol–water partition coefficient (Wildman–Crippen LogP) is 2.31. The number of carboxylic acid groups (broad SMARTS) is 1. The van der Waals surface area contributed by atoms with Crippen LogP contribution < -0.4 is 0 Å². The molecule has 1 N–H and O–H groups in total. The van der Waals surface area contributed by atoms with Crippen LogP contribution in [0.15, 0.2) is 28.7 Å². The Bertz CT molecular complexity index is 589. The topological polar surface area (TPSA) is 78.1 Å². The summed E-state index contributed by atoms with van der Waals surface area (Å²) < 4.78 is 20.9. The molecule has 0 spiro atoms. The van der Waals surface area contributed by atoms with Gasteiger partial charge in [-0.2, -0.15) is 0 Å². The number of furan rings is 1. The summed E-state index contributed by atoms with van der Waals surface area (Å²) in [5, 5.41) is 9.94. The first-order valence-corrected chi connectivity index (χ1v) is 6.62. The van der Waals surface area contributed by atoms with E-state index in [1.165, 1.54) is 0 Å². The van der Waals surface area contributed by atoms with E-state index >= 15 is 0 Å². The summed E-state index contributed by atoms with van der Waals surface area (Å²) in [6.45, 7) is 2.03. The summed E-state index contributed by atoms with van der Waals surface area (Å²) in [4.78, 5) is 11.2. The van der Waals surface area contributed by atoms with E-state index in [-0.39, 0.29) is 12.4 Å². The fraction of sp³-hybridized carbons (Fsp3) is 0.400. The van der Waals surface area contributed by atoms with Gasteiger partial charge >= 0.3 is 5.97 Å². The van der Waals surface area contributed by atoms with Crippen LogP contribution >= 0.6 is 0 Å². The quantitative estimate of drug-likeness (QED) is 0.715. The molecule has 6 nitrogen and oxygen atoms in total. The second-order valence-corrected chi connectivity index (χ2v) is 4.37. The third-order valence-corrected chi connectivity index (χ3v) is 2.94. The van der Waals surface area contributed by atoms with Gasteiger partial charge in [0, 0.05) is 18.1 Å². The molecule has 0 saturated carbocycles. The van der Waals surface area contributed by atoms with Crippen LogP contribution in [0.3, 0.4) is 0 Å². The first-order valence-electron chi connectivity index (χ1n) is 6.62. The molecule has 114 valence electrons. The van der Waals surface area contributed by atoms with Gasteiger partial charge in [-0.1, -0.05) is 18.2 Å². The van der Waals surface area contributed by atoms with Crippen LogP contribution in [0.25, 0.3) is 11.0 Å². The summed E-state index contributed by atoms with van der Waals surface area (Å²) in [5.41, 5.74) is 1.10. The van der Waals surface area contributed by atoms with Crippen LogP contribution in [0.5, 0.6) is 0 Å². The number of methoxy groups -OCH3 is 1. The number of hydrogen-bond acceptors (Lipinski definition) is 5. The van der Waals surface area contributed by atoms with Crippen molar-refractivity contribution in [3.8, 4) is 0 Å². The monoisotopic (exact) mass is 294 g/mol. The fourth-order valence-corrected chi connectivity index (χ4v) is 1.95. The number of benzene rings is 1. The van der Waals surface area contributed by atoms with Crippen molar-refractivity contribution in [3.63, 3.8) is 0 Å². The van der Waals surface area contributed by atoms with Crippen molar-refractivity contribution in [1.82, 2.24) is 0 Å². The SMILES string of the molecule is COCCOCCOCc1c(C(=O)O)oc2ccccc12. The summed E-state index contributed by atoms with van der Waals surface area (Å²) >= 11 is 0. The lowest BCUT2D eigenvalue weighted by atomic mass is 10.1. The number of para-hydroxylation sites is 1. The van der Waals surface area contributed by atoms with Gasteiger partial charge in [0.2, 0.25) is 5.76 Å². The van der Waals surface area contributed by atoms with Gasteiger partial charge < -0.3 is 23.7 Å². The highest BCUT2D eigenvalue weighted by atomic mass is 16.5. The Morgan fingerprint density at radius 1 is 1.14 bits per heavy atom. The number of carbonyl (C=O) groups is 1. The molecule has 0 aliphatic carbocycles. The minimum Gasteiger partial charge on any atom is -0.475 e. The van der Waals surface area contributed by atoms with Crippen molar-refractivity contribution in [1.29, 1.82) is 0 Å². The maximum Gasteiger partial charge on any atom is 0.372 e. The van der Waals surface area contributed by atoms with Gasteiger partial charge in [-0.3, -0.25) is 0 Å². The van der Waals surface area contributed by atoms with Crippen molar-refractivity contribution in [2.75, 3.05) is 33.5 Å². The highest BCUT2D eigenvalue weighted by Gasteiger charge is 2.19. The number of carboxylic acids is 1. The molecular formula is C15H18O6. The highest BCUT2D eigenvalue weighted by molar-refractivity contribution is 5.94. The standard InChI is InChI=1S/C15H18O6/c1-18-6-7-19-8-9-20-10-12-11-4-2-3-5-13(11)21-14(12)15(16)17/h2-5H,6-10H2,1H3,(H,16,17). The van der Waals surface area contributed by atoms with Crippen molar-refractivity contribution in [3.05, 3.63) is 35.6 Å². The largest absolute Gasteiger partial charge is 0.475 e. The maximum atomic E-state index is 11.2. The lowest BCUT2D eigenvalue weighted by Gasteiger charge is -2.05. The Labute approximate surface area is 122 Å². The van der Waals surface area contributed by atoms with E-state index in [9.17, 15) is 9.90 Å². The molecule has 0 aliphatic heterocycles. The van der Waals surface area contributed by atoms with Gasteiger partial charge in [-0.25, -0.2) is 4.79 Å². The zero-order valence-corrected chi connectivity index (χ0v) is 11.8. The molecule has 2 rings (SSSR count). The van der Waals surface area contributed by atoms with Gasteiger partial charge in [0.25, 0.3) is 0 Å². The summed E-state index contributed by atoms with van der Waals surface area (Å²) in [5.74, 6) is -1.17. The van der Waals surface area contributed by atoms with E-state index in [2.05, 4.69) is 0 Å². The Kier molecular flexibility index (Phi) is 5.74. The van der Waals surface area contributed by atoms with Gasteiger partial charge in [0.05, 0.1) is 33.0 Å². The predicted molar refractivity (Wildman–Crippen MR) is 75.5 cm³/mol. The van der Waals surface area contributed by atoms with E-state index in [0.717, 1.165) is 5.39 Å². The number of fused-ring (bicyclic) bond motifs is 1. The highest BCUT2D eigenvalue weighted by Crippen LogP contribution is 2.26. The molecule has 1 aromatic carbocycles. The number of aromatic carboxylic acids is 1. The summed E-state index contributed by atoms with van der Waals surface area (Å²) in [6.07, 6.45) is 0. The van der Waals surface area contributed by atoms with Crippen LogP contribution in [0.4, 0.5) is 0 Å². The molecule has 21 heavy (non-hydrogen) atoms. The first kappa shape index (κ1) is 15.5. The van der Waals surface area contributed by atoms with Gasteiger partial charge in [0.15, 0.2) is 0 Å². The summed E-state index contributed by atoms with van der Waals surface area (Å²) in [6, 6.07) is 7.19. The van der Waals surface area contributed by atoms with Crippen molar-refractivity contribution in [2.24, 2.45) is 0 Å². The number of hydrogen-bond donors (Lipinski definition) is 1. The Hall–Kier alpha value is -1.89. The molecule has 1 aromatic heterocycles. The van der Waals surface area contributed by atoms with E-state index < -0.39 is 5.97 Å². The molecule has 0 radical (unpaired) electrons. The minimum absolute atomic E-state index is 0.0727. The average molecular weight is 294 g/mol. The smallest absolute Gasteiger partial charge is 0.372 e. The van der Waals surface area contributed by atoms with E-state index in [0.29, 0.717) is 37.6 Å². The number of rotatable bonds is 9. The molecule has 0 unspecified atom stereocenters. The second-order valence-electron chi connectivity index (χ2n) is 4.37. The molecule has 2 aromatic rings. The molecule has 0 bridgehead atoms. The van der Waals surface area contributed by atoms with Crippen LogP contribution in [-0.4, -0.2) is 44.6 Å². The van der Waals surface area contributed by atoms with Crippen molar-refractivity contribution >= 4 is 16.9 Å². The number of ether oxygens (including phenoxy) is 3. The average Bonchev–Trinajstić information content (AvgIpc) is 2.85. The second kappa shape index (κ2) is 7.78. The Balaban J connectivity index is 1.94. The maximum absolute atomic E-state index is 11.2. The van der Waals surface area contributed by atoms with Gasteiger partial charge in [-0.05, 0) is 6.07 Å². The zero-order chi connectivity index (χ0) is 15.1. The van der Waals surface area contributed by atoms with Crippen LogP contribution in [-0.2, 0) is 20.8 Å². The van der Waals surface area contributed by atoms with E-state index in [4.69, 9.17) is 18.6 Å². The normalized spacial score (nSPS) is 11.1. The fourth-order valence-electron chi connectivity index (χ4n) is 1.95. The van der Waals surface area contributed by atoms with E-state index in [1.807, 2.05) is 12.1 Å². The Morgan fingerprint density at radius 3 is 2.62 bits per heavy atom. The van der Waals surface area contributed by atoms with Gasteiger partial charge in [0.1, 0.15) is 5.58 Å². The molecular weight excluding hydrogens is 276 g/mol. The first-order chi connectivity index (χ1) is 10.2. The minimum atomic E-state index is -1.10. The molecule has 0 aliphatic rings. The van der Waals surface area contributed by atoms with E-state index in [1.54, 1.807) is 19.2 Å². The molecule has 6 heteroatoms. The van der Waals surface area contributed by atoms with Crippen LogP contribution in [0, 0.1) is 0 Å². The molecule has 0 amide bonds. The molecule has 0 fully saturated rings. The molecule has 0 atom stereocenters.